The lowest BCUT2D eigenvalue weighted by Crippen LogP contribution is -2.33. The molecule has 1 atom stereocenters. The third-order valence-electron chi connectivity index (χ3n) is 3.80. The molecular formula is C17H20N2O3S. The molecule has 6 heteroatoms. The Hall–Kier alpha value is -2.05. The highest BCUT2D eigenvalue weighted by Crippen LogP contribution is 2.27. The zero-order chi connectivity index (χ0) is 17.0. The van der Waals surface area contributed by atoms with E-state index in [0.29, 0.717) is 12.1 Å². The molecule has 0 bridgehead atoms. The molecule has 0 saturated carbocycles. The number of pyridine rings is 1. The van der Waals surface area contributed by atoms with Crippen molar-refractivity contribution in [3.05, 3.63) is 59.9 Å². The van der Waals surface area contributed by atoms with Gasteiger partial charge in [-0.25, -0.2) is 8.42 Å². The van der Waals surface area contributed by atoms with Gasteiger partial charge in [-0.15, -0.1) is 0 Å². The lowest BCUT2D eigenvalue weighted by atomic mass is 10.1. The molecular weight excluding hydrogens is 312 g/mol. The van der Waals surface area contributed by atoms with Gasteiger partial charge in [0, 0.05) is 30.5 Å². The van der Waals surface area contributed by atoms with Crippen molar-refractivity contribution in [2.45, 2.75) is 31.7 Å². The van der Waals surface area contributed by atoms with Crippen molar-refractivity contribution in [2.24, 2.45) is 0 Å². The third kappa shape index (κ3) is 3.65. The smallest absolute Gasteiger partial charge is 0.243 e. The summed E-state index contributed by atoms with van der Waals surface area (Å²) < 4.78 is 27.2. The van der Waals surface area contributed by atoms with Gasteiger partial charge in [-0.2, -0.15) is 4.31 Å². The standard InChI is InChI=1S/C17H20N2O3S/c1-4-19(13(2)15-9-11-18-12-10-15)23(21,22)17-7-5-16(6-8-17)14(3)20/h5-13H,4H2,1-3H3. The summed E-state index contributed by atoms with van der Waals surface area (Å²) in [4.78, 5) is 15.5. The van der Waals surface area contributed by atoms with E-state index in [1.807, 2.05) is 19.1 Å². The van der Waals surface area contributed by atoms with E-state index >= 15 is 0 Å². The summed E-state index contributed by atoms with van der Waals surface area (Å²) >= 11 is 0. The number of aromatic nitrogens is 1. The van der Waals surface area contributed by atoms with Crippen LogP contribution in [0, 0.1) is 0 Å². The van der Waals surface area contributed by atoms with E-state index in [9.17, 15) is 13.2 Å². The molecule has 0 spiro atoms. The van der Waals surface area contributed by atoms with E-state index in [-0.39, 0.29) is 16.7 Å². The first-order valence-corrected chi connectivity index (χ1v) is 8.84. The number of hydrogen-bond acceptors (Lipinski definition) is 4. The number of carbonyl (C=O) groups is 1. The lowest BCUT2D eigenvalue weighted by molar-refractivity contribution is 0.101. The number of carbonyl (C=O) groups excluding carboxylic acids is 1. The van der Waals surface area contributed by atoms with Gasteiger partial charge in [0.05, 0.1) is 4.90 Å². The Morgan fingerprint density at radius 2 is 1.70 bits per heavy atom. The lowest BCUT2D eigenvalue weighted by Gasteiger charge is -2.27. The molecule has 1 aromatic carbocycles. The molecule has 1 unspecified atom stereocenters. The van der Waals surface area contributed by atoms with Crippen molar-refractivity contribution in [1.82, 2.24) is 9.29 Å². The summed E-state index contributed by atoms with van der Waals surface area (Å²) in [5.41, 5.74) is 1.37. The second kappa shape index (κ2) is 7.02. The fraction of sp³-hybridized carbons (Fsp3) is 0.294. The van der Waals surface area contributed by atoms with Crippen molar-refractivity contribution in [1.29, 1.82) is 0 Å². The molecule has 2 rings (SSSR count). The van der Waals surface area contributed by atoms with Crippen LogP contribution in [0.1, 0.15) is 42.7 Å². The Kier molecular flexibility index (Phi) is 5.28. The van der Waals surface area contributed by atoms with Crippen LogP contribution in [0.5, 0.6) is 0 Å². The van der Waals surface area contributed by atoms with Crippen LogP contribution in [0.2, 0.25) is 0 Å². The highest BCUT2D eigenvalue weighted by Gasteiger charge is 2.28. The summed E-state index contributed by atoms with van der Waals surface area (Å²) in [7, 11) is -3.64. The Morgan fingerprint density at radius 3 is 2.17 bits per heavy atom. The van der Waals surface area contributed by atoms with Crippen molar-refractivity contribution in [3.8, 4) is 0 Å². The van der Waals surface area contributed by atoms with Crippen LogP contribution >= 0.6 is 0 Å². The van der Waals surface area contributed by atoms with Crippen molar-refractivity contribution >= 4 is 15.8 Å². The Balaban J connectivity index is 2.37. The van der Waals surface area contributed by atoms with Gasteiger partial charge in [0.25, 0.3) is 0 Å². The first-order chi connectivity index (χ1) is 10.9. The molecule has 0 N–H and O–H groups in total. The molecule has 0 aliphatic rings. The van der Waals surface area contributed by atoms with Gasteiger partial charge in [-0.1, -0.05) is 19.1 Å². The molecule has 1 aromatic heterocycles. The molecule has 5 nitrogen and oxygen atoms in total. The van der Waals surface area contributed by atoms with Gasteiger partial charge in [-0.05, 0) is 43.7 Å². The maximum Gasteiger partial charge on any atom is 0.243 e. The first kappa shape index (κ1) is 17.3. The van der Waals surface area contributed by atoms with Crippen LogP contribution in [0.3, 0.4) is 0 Å². The number of benzene rings is 1. The highest BCUT2D eigenvalue weighted by molar-refractivity contribution is 7.89. The largest absolute Gasteiger partial charge is 0.295 e. The van der Waals surface area contributed by atoms with Gasteiger partial charge >= 0.3 is 0 Å². The van der Waals surface area contributed by atoms with Crippen LogP contribution in [0.15, 0.2) is 53.7 Å². The predicted octanol–water partition coefficient (Wildman–Crippen LogP) is 3.06. The molecule has 122 valence electrons. The summed E-state index contributed by atoms with van der Waals surface area (Å²) in [6.45, 7) is 5.45. The minimum absolute atomic E-state index is 0.0913. The highest BCUT2D eigenvalue weighted by atomic mass is 32.2. The predicted molar refractivity (Wildman–Crippen MR) is 88.7 cm³/mol. The van der Waals surface area contributed by atoms with Crippen LogP contribution < -0.4 is 0 Å². The molecule has 23 heavy (non-hydrogen) atoms. The number of Topliss-reactive ketones (excluding diaryl/α,β-unsaturated/α-hetero) is 1. The van der Waals surface area contributed by atoms with Crippen molar-refractivity contribution < 1.29 is 13.2 Å². The minimum atomic E-state index is -3.64. The zero-order valence-corrected chi connectivity index (χ0v) is 14.2. The molecule has 2 aromatic rings. The molecule has 1 heterocycles. The summed E-state index contributed by atoms with van der Waals surface area (Å²) in [5, 5.41) is 0. The van der Waals surface area contributed by atoms with Gasteiger partial charge in [0.1, 0.15) is 0 Å². The second-order valence-electron chi connectivity index (χ2n) is 5.25. The maximum atomic E-state index is 12.9. The monoisotopic (exact) mass is 332 g/mol. The van der Waals surface area contributed by atoms with Crippen LogP contribution in [0.25, 0.3) is 0 Å². The Morgan fingerprint density at radius 1 is 1.13 bits per heavy atom. The van der Waals surface area contributed by atoms with Gasteiger partial charge in [0.2, 0.25) is 10.0 Å². The van der Waals surface area contributed by atoms with Gasteiger partial charge in [0.15, 0.2) is 5.78 Å². The number of hydrogen-bond donors (Lipinski definition) is 0. The van der Waals surface area contributed by atoms with Crippen molar-refractivity contribution in [3.63, 3.8) is 0 Å². The molecule has 0 fully saturated rings. The summed E-state index contributed by atoms with van der Waals surface area (Å²) in [6, 6.07) is 9.35. The minimum Gasteiger partial charge on any atom is -0.295 e. The second-order valence-corrected chi connectivity index (χ2v) is 7.14. The Labute approximate surface area is 137 Å². The SMILES string of the molecule is CCN(C(C)c1ccncc1)S(=O)(=O)c1ccc(C(C)=O)cc1. The van der Waals surface area contributed by atoms with Gasteiger partial charge in [-0.3, -0.25) is 9.78 Å². The van der Waals surface area contributed by atoms with E-state index in [0.717, 1.165) is 5.56 Å². The zero-order valence-electron chi connectivity index (χ0n) is 13.4. The van der Waals surface area contributed by atoms with Crippen LogP contribution in [0.4, 0.5) is 0 Å². The molecule has 0 saturated heterocycles. The summed E-state index contributed by atoms with van der Waals surface area (Å²) in [6.07, 6.45) is 3.29. The molecule has 0 aliphatic carbocycles. The average Bonchev–Trinajstić information content (AvgIpc) is 2.56. The van der Waals surface area contributed by atoms with E-state index in [2.05, 4.69) is 4.98 Å². The topological polar surface area (TPSA) is 67.3 Å². The van der Waals surface area contributed by atoms with E-state index < -0.39 is 10.0 Å². The molecule has 0 aliphatic heterocycles. The van der Waals surface area contributed by atoms with Crippen LogP contribution in [-0.2, 0) is 10.0 Å². The number of nitrogens with zero attached hydrogens (tertiary/aromatic N) is 2. The number of sulfonamides is 1. The normalized spacial score (nSPS) is 13.0. The fourth-order valence-electron chi connectivity index (χ4n) is 2.46. The van der Waals surface area contributed by atoms with E-state index in [1.165, 1.54) is 23.4 Å². The molecule has 0 radical (unpaired) electrons. The van der Waals surface area contributed by atoms with Crippen LogP contribution in [-0.4, -0.2) is 30.0 Å². The van der Waals surface area contributed by atoms with Crippen molar-refractivity contribution in [2.75, 3.05) is 6.54 Å². The third-order valence-corrected chi connectivity index (χ3v) is 5.86. The molecule has 0 amide bonds. The number of ketones is 1. The first-order valence-electron chi connectivity index (χ1n) is 7.40. The fourth-order valence-corrected chi connectivity index (χ4v) is 4.09. The quantitative estimate of drug-likeness (QED) is 0.763. The number of rotatable bonds is 6. The van der Waals surface area contributed by atoms with E-state index in [1.54, 1.807) is 31.5 Å². The van der Waals surface area contributed by atoms with E-state index in [4.69, 9.17) is 0 Å². The summed E-state index contributed by atoms with van der Waals surface area (Å²) in [5.74, 6) is -0.0913. The van der Waals surface area contributed by atoms with Gasteiger partial charge < -0.3 is 0 Å². The maximum absolute atomic E-state index is 12.9. The Bertz CT molecular complexity index is 771. The average molecular weight is 332 g/mol.